The average Bonchev–Trinajstić information content (AvgIpc) is 2.65. The van der Waals surface area contributed by atoms with Gasteiger partial charge in [-0.15, -0.1) is 0 Å². The summed E-state index contributed by atoms with van der Waals surface area (Å²) in [6.07, 6.45) is 7.45. The second kappa shape index (κ2) is 9.03. The van der Waals surface area contributed by atoms with Gasteiger partial charge in [-0.05, 0) is 49.9 Å². The number of urea groups is 1. The molecule has 1 aliphatic heterocycles. The standard InChI is InChI=1S/C20H29N3O3/c1-15(24)21-17-7-9-18(10-8-17)23(19-11-13-26-14-12-19)20(25)22-16-5-3-2-4-6-16/h7-10,16,19H,2-6,11-14H2,1H3,(H,21,24)(H,22,25). The van der Waals surface area contributed by atoms with Crippen LogP contribution in [0.15, 0.2) is 24.3 Å². The first kappa shape index (κ1) is 18.7. The molecular weight excluding hydrogens is 330 g/mol. The molecule has 0 radical (unpaired) electrons. The molecule has 2 aliphatic rings. The lowest BCUT2D eigenvalue weighted by atomic mass is 9.95. The Morgan fingerprint density at radius 3 is 2.27 bits per heavy atom. The lowest BCUT2D eigenvalue weighted by Crippen LogP contribution is -2.51. The molecule has 142 valence electrons. The summed E-state index contributed by atoms with van der Waals surface area (Å²) in [5, 5.41) is 6.01. The number of carbonyl (C=O) groups excluding carboxylic acids is 2. The van der Waals surface area contributed by atoms with Crippen LogP contribution >= 0.6 is 0 Å². The van der Waals surface area contributed by atoms with Gasteiger partial charge in [-0.1, -0.05) is 19.3 Å². The normalized spacial score (nSPS) is 19.0. The van der Waals surface area contributed by atoms with Crippen molar-refractivity contribution in [3.63, 3.8) is 0 Å². The third-order valence-corrected chi connectivity index (χ3v) is 5.17. The minimum Gasteiger partial charge on any atom is -0.381 e. The number of anilines is 2. The van der Waals surface area contributed by atoms with Crippen molar-refractivity contribution in [1.82, 2.24) is 5.32 Å². The van der Waals surface area contributed by atoms with E-state index in [-0.39, 0.29) is 24.0 Å². The van der Waals surface area contributed by atoms with E-state index in [1.807, 2.05) is 29.2 Å². The van der Waals surface area contributed by atoms with Crippen LogP contribution < -0.4 is 15.5 Å². The molecule has 0 aromatic heterocycles. The van der Waals surface area contributed by atoms with Gasteiger partial charge in [0.05, 0.1) is 0 Å². The van der Waals surface area contributed by atoms with Gasteiger partial charge in [0.1, 0.15) is 0 Å². The minimum atomic E-state index is -0.103. The van der Waals surface area contributed by atoms with E-state index in [2.05, 4.69) is 10.6 Å². The molecule has 1 aliphatic carbocycles. The molecule has 2 N–H and O–H groups in total. The summed E-state index contributed by atoms with van der Waals surface area (Å²) in [7, 11) is 0. The summed E-state index contributed by atoms with van der Waals surface area (Å²) < 4.78 is 5.47. The van der Waals surface area contributed by atoms with Gasteiger partial charge in [0.25, 0.3) is 0 Å². The number of amides is 3. The summed E-state index contributed by atoms with van der Waals surface area (Å²) in [5.41, 5.74) is 1.60. The largest absolute Gasteiger partial charge is 0.381 e. The number of hydrogen-bond donors (Lipinski definition) is 2. The molecule has 1 saturated heterocycles. The minimum absolute atomic E-state index is 0.0175. The summed E-state index contributed by atoms with van der Waals surface area (Å²) in [4.78, 5) is 26.2. The Balaban J connectivity index is 1.75. The first-order valence-corrected chi connectivity index (χ1v) is 9.68. The molecule has 0 bridgehead atoms. The zero-order valence-corrected chi connectivity index (χ0v) is 15.5. The maximum absolute atomic E-state index is 13.1. The van der Waals surface area contributed by atoms with Gasteiger partial charge in [0.2, 0.25) is 5.91 Å². The van der Waals surface area contributed by atoms with Crippen molar-refractivity contribution in [2.45, 2.75) is 64.0 Å². The second-order valence-electron chi connectivity index (χ2n) is 7.23. The monoisotopic (exact) mass is 359 g/mol. The highest BCUT2D eigenvalue weighted by molar-refractivity contribution is 5.94. The van der Waals surface area contributed by atoms with E-state index in [9.17, 15) is 9.59 Å². The maximum Gasteiger partial charge on any atom is 0.322 e. The highest BCUT2D eigenvalue weighted by Gasteiger charge is 2.29. The van der Waals surface area contributed by atoms with Crippen molar-refractivity contribution in [2.24, 2.45) is 0 Å². The van der Waals surface area contributed by atoms with Gasteiger partial charge >= 0.3 is 6.03 Å². The summed E-state index contributed by atoms with van der Waals surface area (Å²) >= 11 is 0. The molecule has 0 unspecified atom stereocenters. The zero-order chi connectivity index (χ0) is 18.4. The van der Waals surface area contributed by atoms with Crippen molar-refractivity contribution in [2.75, 3.05) is 23.4 Å². The fourth-order valence-corrected chi connectivity index (χ4v) is 3.84. The Hall–Kier alpha value is -2.08. The third-order valence-electron chi connectivity index (χ3n) is 5.17. The van der Waals surface area contributed by atoms with Crippen molar-refractivity contribution in [3.8, 4) is 0 Å². The molecular formula is C20H29N3O3. The number of benzene rings is 1. The van der Waals surface area contributed by atoms with Crippen LogP contribution in [-0.2, 0) is 9.53 Å². The van der Waals surface area contributed by atoms with Crippen molar-refractivity contribution >= 4 is 23.3 Å². The van der Waals surface area contributed by atoms with Crippen LogP contribution in [0.3, 0.4) is 0 Å². The molecule has 0 atom stereocenters. The molecule has 6 heteroatoms. The predicted molar refractivity (Wildman–Crippen MR) is 102 cm³/mol. The Morgan fingerprint density at radius 1 is 1.00 bits per heavy atom. The Labute approximate surface area is 155 Å². The fraction of sp³-hybridized carbons (Fsp3) is 0.600. The number of nitrogens with one attached hydrogen (secondary N) is 2. The van der Waals surface area contributed by atoms with Crippen molar-refractivity contribution < 1.29 is 14.3 Å². The molecule has 1 heterocycles. The third kappa shape index (κ3) is 4.97. The highest BCUT2D eigenvalue weighted by Crippen LogP contribution is 2.26. The molecule has 1 aromatic rings. The molecule has 26 heavy (non-hydrogen) atoms. The lowest BCUT2D eigenvalue weighted by molar-refractivity contribution is -0.114. The van der Waals surface area contributed by atoms with E-state index >= 15 is 0 Å². The molecule has 2 fully saturated rings. The first-order chi connectivity index (χ1) is 12.6. The smallest absolute Gasteiger partial charge is 0.322 e. The van der Waals surface area contributed by atoms with E-state index in [0.717, 1.165) is 37.1 Å². The van der Waals surface area contributed by atoms with Crippen LogP contribution in [0.25, 0.3) is 0 Å². The Bertz CT molecular complexity index is 605. The quantitative estimate of drug-likeness (QED) is 0.862. The van der Waals surface area contributed by atoms with E-state index in [1.165, 1.54) is 26.2 Å². The van der Waals surface area contributed by atoms with Crippen molar-refractivity contribution in [3.05, 3.63) is 24.3 Å². The van der Waals surface area contributed by atoms with Gasteiger partial charge in [-0.25, -0.2) is 4.79 Å². The van der Waals surface area contributed by atoms with Crippen LogP contribution in [0.4, 0.5) is 16.2 Å². The topological polar surface area (TPSA) is 70.7 Å². The maximum atomic E-state index is 13.1. The van der Waals surface area contributed by atoms with Crippen LogP contribution in [0.2, 0.25) is 0 Å². The average molecular weight is 359 g/mol. The van der Waals surface area contributed by atoms with E-state index in [0.29, 0.717) is 13.2 Å². The lowest BCUT2D eigenvalue weighted by Gasteiger charge is -2.36. The fourth-order valence-electron chi connectivity index (χ4n) is 3.84. The SMILES string of the molecule is CC(=O)Nc1ccc(N(C(=O)NC2CCCCC2)C2CCOCC2)cc1. The predicted octanol–water partition coefficient (Wildman–Crippen LogP) is 3.67. The molecule has 1 aromatic carbocycles. The molecule has 0 spiro atoms. The number of rotatable bonds is 4. The van der Waals surface area contributed by atoms with Gasteiger partial charge in [-0.3, -0.25) is 9.69 Å². The second-order valence-corrected chi connectivity index (χ2v) is 7.23. The number of hydrogen-bond acceptors (Lipinski definition) is 3. The van der Waals surface area contributed by atoms with Crippen LogP contribution in [-0.4, -0.2) is 37.2 Å². The van der Waals surface area contributed by atoms with Crippen LogP contribution in [0, 0.1) is 0 Å². The highest BCUT2D eigenvalue weighted by atomic mass is 16.5. The summed E-state index contributed by atoms with van der Waals surface area (Å²) in [6, 6.07) is 7.89. The number of nitrogens with zero attached hydrogens (tertiary/aromatic N) is 1. The summed E-state index contributed by atoms with van der Waals surface area (Å²) in [6.45, 7) is 2.85. The Kier molecular flexibility index (Phi) is 6.50. The van der Waals surface area contributed by atoms with Crippen LogP contribution in [0.5, 0.6) is 0 Å². The molecule has 3 rings (SSSR count). The van der Waals surface area contributed by atoms with E-state index in [1.54, 1.807) is 0 Å². The zero-order valence-electron chi connectivity index (χ0n) is 15.5. The molecule has 3 amide bonds. The van der Waals surface area contributed by atoms with Crippen molar-refractivity contribution in [1.29, 1.82) is 0 Å². The molecule has 6 nitrogen and oxygen atoms in total. The van der Waals surface area contributed by atoms with Gasteiger partial charge in [-0.2, -0.15) is 0 Å². The number of ether oxygens (including phenoxy) is 1. The Morgan fingerprint density at radius 2 is 1.65 bits per heavy atom. The van der Waals surface area contributed by atoms with Gasteiger partial charge in [0, 0.05) is 43.6 Å². The van der Waals surface area contributed by atoms with Crippen LogP contribution in [0.1, 0.15) is 51.9 Å². The van der Waals surface area contributed by atoms with E-state index < -0.39 is 0 Å². The first-order valence-electron chi connectivity index (χ1n) is 9.68. The summed E-state index contributed by atoms with van der Waals surface area (Å²) in [5.74, 6) is -0.103. The van der Waals surface area contributed by atoms with Gasteiger partial charge in [0.15, 0.2) is 0 Å². The molecule has 1 saturated carbocycles. The van der Waals surface area contributed by atoms with E-state index in [4.69, 9.17) is 4.74 Å². The van der Waals surface area contributed by atoms with Gasteiger partial charge < -0.3 is 15.4 Å². The number of carbonyl (C=O) groups is 2.